The van der Waals surface area contributed by atoms with Crippen molar-refractivity contribution in [2.24, 2.45) is 0 Å². The van der Waals surface area contributed by atoms with Gasteiger partial charge in [0.15, 0.2) is 6.29 Å². The fraction of sp³-hybridized carbons (Fsp3) is 0.526. The molecule has 0 aromatic carbocycles. The molecule has 3 rings (SSSR count). The predicted molar refractivity (Wildman–Crippen MR) is 98.4 cm³/mol. The number of imidazole rings is 1. The molecule has 1 N–H and O–H groups in total. The second kappa shape index (κ2) is 7.66. The van der Waals surface area contributed by atoms with E-state index in [0.717, 1.165) is 11.5 Å². The molecule has 2 atom stereocenters. The van der Waals surface area contributed by atoms with E-state index < -0.39 is 24.0 Å². The van der Waals surface area contributed by atoms with E-state index in [1.54, 1.807) is 19.4 Å². The first-order valence-corrected chi connectivity index (χ1v) is 9.08. The Morgan fingerprint density at radius 3 is 2.78 bits per heavy atom. The number of nitrogens with zero attached hydrogens (tertiary/aromatic N) is 4. The van der Waals surface area contributed by atoms with Crippen LogP contribution in [0.3, 0.4) is 0 Å². The van der Waals surface area contributed by atoms with Crippen LogP contribution in [0.4, 0.5) is 4.79 Å². The lowest BCUT2D eigenvalue weighted by Crippen LogP contribution is -2.48. The SMILES string of the molecule is CCOC(O)C1c2ncn(-c3ccccn3)c2CCN1C(=O)OC(C)(C)C. The zero-order chi connectivity index (χ0) is 19.6. The van der Waals surface area contributed by atoms with E-state index >= 15 is 0 Å². The molecule has 0 radical (unpaired) electrons. The number of hydrogen-bond donors (Lipinski definition) is 1. The van der Waals surface area contributed by atoms with Gasteiger partial charge in [0.1, 0.15) is 23.8 Å². The molecule has 2 unspecified atom stereocenters. The van der Waals surface area contributed by atoms with Crippen molar-refractivity contribution >= 4 is 6.09 Å². The summed E-state index contributed by atoms with van der Waals surface area (Å²) in [5.41, 5.74) is 0.863. The minimum atomic E-state index is -1.20. The van der Waals surface area contributed by atoms with E-state index in [2.05, 4.69) is 9.97 Å². The molecule has 1 aliphatic rings. The summed E-state index contributed by atoms with van der Waals surface area (Å²) in [6.07, 6.45) is 2.25. The third-order valence-electron chi connectivity index (χ3n) is 4.24. The highest BCUT2D eigenvalue weighted by molar-refractivity contribution is 5.69. The molecule has 0 saturated carbocycles. The maximum atomic E-state index is 12.7. The van der Waals surface area contributed by atoms with E-state index in [1.165, 1.54) is 4.90 Å². The molecule has 1 amide bonds. The number of aliphatic hydroxyl groups is 1. The number of fused-ring (bicyclic) bond motifs is 1. The van der Waals surface area contributed by atoms with Crippen molar-refractivity contribution in [1.82, 2.24) is 19.4 Å². The molecule has 0 bridgehead atoms. The molecule has 0 aliphatic carbocycles. The summed E-state index contributed by atoms with van der Waals surface area (Å²) in [5.74, 6) is 0.738. The van der Waals surface area contributed by atoms with Crippen LogP contribution in [0.15, 0.2) is 30.7 Å². The second-order valence-electron chi connectivity index (χ2n) is 7.35. The summed E-state index contributed by atoms with van der Waals surface area (Å²) >= 11 is 0. The number of aliphatic hydroxyl groups excluding tert-OH is 1. The van der Waals surface area contributed by atoms with Gasteiger partial charge < -0.3 is 14.6 Å². The lowest BCUT2D eigenvalue weighted by atomic mass is 10.0. The van der Waals surface area contributed by atoms with E-state index in [0.29, 0.717) is 25.3 Å². The summed E-state index contributed by atoms with van der Waals surface area (Å²) in [6, 6.07) is 4.89. The average molecular weight is 374 g/mol. The molecule has 0 fully saturated rings. The predicted octanol–water partition coefficient (Wildman–Crippen LogP) is 2.46. The van der Waals surface area contributed by atoms with Crippen LogP contribution in [-0.4, -0.2) is 55.7 Å². The van der Waals surface area contributed by atoms with Gasteiger partial charge in [-0.15, -0.1) is 0 Å². The van der Waals surface area contributed by atoms with Gasteiger partial charge in [-0.2, -0.15) is 0 Å². The molecule has 146 valence electrons. The molecule has 27 heavy (non-hydrogen) atoms. The molecule has 3 heterocycles. The zero-order valence-corrected chi connectivity index (χ0v) is 16.1. The maximum absolute atomic E-state index is 12.7. The Bertz CT molecular complexity index is 785. The van der Waals surface area contributed by atoms with Crippen molar-refractivity contribution in [2.45, 2.75) is 52.0 Å². The molecule has 2 aromatic heterocycles. The van der Waals surface area contributed by atoms with Gasteiger partial charge >= 0.3 is 6.09 Å². The van der Waals surface area contributed by atoms with Crippen molar-refractivity contribution in [2.75, 3.05) is 13.2 Å². The minimum absolute atomic E-state index is 0.316. The van der Waals surface area contributed by atoms with Gasteiger partial charge in [0, 0.05) is 25.8 Å². The Morgan fingerprint density at radius 2 is 2.15 bits per heavy atom. The van der Waals surface area contributed by atoms with Crippen LogP contribution in [0.25, 0.3) is 5.82 Å². The highest BCUT2D eigenvalue weighted by Crippen LogP contribution is 2.34. The number of rotatable bonds is 4. The van der Waals surface area contributed by atoms with Crippen molar-refractivity contribution in [1.29, 1.82) is 0 Å². The average Bonchev–Trinajstić information content (AvgIpc) is 3.04. The van der Waals surface area contributed by atoms with Crippen LogP contribution in [-0.2, 0) is 15.9 Å². The van der Waals surface area contributed by atoms with E-state index in [-0.39, 0.29) is 0 Å². The quantitative estimate of drug-likeness (QED) is 0.827. The first kappa shape index (κ1) is 19.3. The largest absolute Gasteiger partial charge is 0.444 e. The Morgan fingerprint density at radius 1 is 1.37 bits per heavy atom. The van der Waals surface area contributed by atoms with Gasteiger partial charge in [0.25, 0.3) is 0 Å². The van der Waals surface area contributed by atoms with Gasteiger partial charge in [-0.25, -0.2) is 14.8 Å². The number of carbonyl (C=O) groups excluding carboxylic acids is 1. The van der Waals surface area contributed by atoms with Gasteiger partial charge in [-0.05, 0) is 39.8 Å². The second-order valence-corrected chi connectivity index (χ2v) is 7.35. The zero-order valence-electron chi connectivity index (χ0n) is 16.1. The van der Waals surface area contributed by atoms with Crippen molar-refractivity contribution in [3.8, 4) is 5.82 Å². The summed E-state index contributed by atoms with van der Waals surface area (Å²) < 4.78 is 12.8. The first-order chi connectivity index (χ1) is 12.8. The van der Waals surface area contributed by atoms with E-state index in [4.69, 9.17) is 9.47 Å². The highest BCUT2D eigenvalue weighted by atomic mass is 16.6. The van der Waals surface area contributed by atoms with Crippen LogP contribution in [0.1, 0.15) is 45.1 Å². The highest BCUT2D eigenvalue weighted by Gasteiger charge is 2.41. The van der Waals surface area contributed by atoms with Crippen LogP contribution in [0.5, 0.6) is 0 Å². The molecule has 0 spiro atoms. The monoisotopic (exact) mass is 374 g/mol. The Balaban J connectivity index is 1.97. The van der Waals surface area contributed by atoms with Crippen LogP contribution >= 0.6 is 0 Å². The summed E-state index contributed by atoms with van der Waals surface area (Å²) in [4.78, 5) is 23.0. The maximum Gasteiger partial charge on any atom is 0.411 e. The molecule has 8 nitrogen and oxygen atoms in total. The van der Waals surface area contributed by atoms with Crippen molar-refractivity contribution < 1.29 is 19.4 Å². The number of hydrogen-bond acceptors (Lipinski definition) is 6. The van der Waals surface area contributed by atoms with Crippen LogP contribution in [0.2, 0.25) is 0 Å². The summed E-state index contributed by atoms with van der Waals surface area (Å²) in [6.45, 7) is 7.92. The lowest BCUT2D eigenvalue weighted by Gasteiger charge is -2.38. The summed E-state index contributed by atoms with van der Waals surface area (Å²) in [5, 5.41) is 10.6. The number of amides is 1. The fourth-order valence-electron chi connectivity index (χ4n) is 3.17. The van der Waals surface area contributed by atoms with Crippen LogP contribution < -0.4 is 0 Å². The Kier molecular flexibility index (Phi) is 5.48. The van der Waals surface area contributed by atoms with Gasteiger partial charge in [0.05, 0.1) is 11.4 Å². The third-order valence-corrected chi connectivity index (χ3v) is 4.24. The number of aromatic nitrogens is 3. The molecular weight excluding hydrogens is 348 g/mol. The first-order valence-electron chi connectivity index (χ1n) is 9.08. The van der Waals surface area contributed by atoms with E-state index in [9.17, 15) is 9.90 Å². The normalized spacial score (nSPS) is 18.1. The van der Waals surface area contributed by atoms with Gasteiger partial charge in [-0.1, -0.05) is 6.07 Å². The van der Waals surface area contributed by atoms with Crippen molar-refractivity contribution in [3.05, 3.63) is 42.1 Å². The molecule has 2 aromatic rings. The minimum Gasteiger partial charge on any atom is -0.444 e. The lowest BCUT2D eigenvalue weighted by molar-refractivity contribution is -0.144. The van der Waals surface area contributed by atoms with Gasteiger partial charge in [0.2, 0.25) is 0 Å². The fourth-order valence-corrected chi connectivity index (χ4v) is 3.17. The Labute approximate surface area is 158 Å². The molecule has 0 saturated heterocycles. The number of carbonyl (C=O) groups is 1. The summed E-state index contributed by atoms with van der Waals surface area (Å²) in [7, 11) is 0. The number of pyridine rings is 1. The molecule has 8 heteroatoms. The molecular formula is C19H26N4O4. The van der Waals surface area contributed by atoms with Crippen molar-refractivity contribution in [3.63, 3.8) is 0 Å². The van der Waals surface area contributed by atoms with Crippen LogP contribution in [0, 0.1) is 0 Å². The third kappa shape index (κ3) is 4.12. The van der Waals surface area contributed by atoms with E-state index in [1.807, 2.05) is 43.5 Å². The molecule has 1 aliphatic heterocycles. The number of ether oxygens (including phenoxy) is 2. The topological polar surface area (TPSA) is 89.7 Å². The van der Waals surface area contributed by atoms with Gasteiger partial charge in [-0.3, -0.25) is 9.47 Å². The standard InChI is InChI=1S/C19H26N4O4/c1-5-26-17(24)16-15-13(9-11-22(16)18(25)27-19(2,3)4)23(12-21-15)14-8-6-7-10-20-14/h6-8,10,12,16-17,24H,5,9,11H2,1-4H3. The smallest absolute Gasteiger partial charge is 0.411 e. The Hall–Kier alpha value is -2.45.